The number of likely N-dealkylation sites (tertiary alicyclic amines) is 1. The largest absolute Gasteiger partial charge is 0.422 e. The molecule has 0 radical (unpaired) electrons. The Hall–Kier alpha value is -4.11. The molecule has 10 heteroatoms. The number of nitrogens with one attached hydrogen (secondary N) is 1. The van der Waals surface area contributed by atoms with Crippen LogP contribution in [0.15, 0.2) is 94.1 Å². The molecule has 0 aliphatic carbocycles. The van der Waals surface area contributed by atoms with Crippen molar-refractivity contribution in [1.82, 2.24) is 4.90 Å². The zero-order chi connectivity index (χ0) is 33.3. The average molecular weight is 680 g/mol. The normalized spacial score (nSPS) is 14.4. The van der Waals surface area contributed by atoms with Gasteiger partial charge < -0.3 is 9.73 Å². The van der Waals surface area contributed by atoms with Gasteiger partial charge in [0.15, 0.2) is 0 Å². The van der Waals surface area contributed by atoms with Gasteiger partial charge in [-0.3, -0.25) is 9.69 Å². The van der Waals surface area contributed by atoms with Crippen molar-refractivity contribution in [2.45, 2.75) is 44.8 Å². The second-order valence-electron chi connectivity index (χ2n) is 11.9. The van der Waals surface area contributed by atoms with Crippen molar-refractivity contribution in [3.63, 3.8) is 0 Å². The summed E-state index contributed by atoms with van der Waals surface area (Å²) < 4.78 is 46.7. The average Bonchev–Trinajstić information content (AvgIpc) is 3.03. The number of rotatable bonds is 7. The number of hydrogen-bond acceptors (Lipinski definition) is 4. The first-order chi connectivity index (χ1) is 22.5. The van der Waals surface area contributed by atoms with Crippen LogP contribution in [0, 0.1) is 6.92 Å². The Morgan fingerprint density at radius 1 is 0.957 bits per heavy atom. The molecule has 5 aromatic rings. The lowest BCUT2D eigenvalue weighted by molar-refractivity contribution is -0.137. The number of fused-ring (bicyclic) bond motifs is 1. The molecule has 1 aliphatic heterocycles. The van der Waals surface area contributed by atoms with E-state index in [0.29, 0.717) is 34.0 Å². The van der Waals surface area contributed by atoms with Crippen LogP contribution in [0.1, 0.15) is 46.6 Å². The summed E-state index contributed by atoms with van der Waals surface area (Å²) in [7, 11) is 0. The second-order valence-corrected chi connectivity index (χ2v) is 12.8. The topological polar surface area (TPSA) is 62.6 Å². The summed E-state index contributed by atoms with van der Waals surface area (Å²) in [5.41, 5.74) is 2.52. The summed E-state index contributed by atoms with van der Waals surface area (Å²) in [5, 5.41) is 3.22. The van der Waals surface area contributed by atoms with Crippen LogP contribution < -0.4 is 10.9 Å². The van der Waals surface area contributed by atoms with Crippen molar-refractivity contribution in [3.05, 3.63) is 133 Å². The molecule has 1 saturated heterocycles. The summed E-state index contributed by atoms with van der Waals surface area (Å²) in [5.74, 6) is -0.321. The minimum atomic E-state index is -4.75. The van der Waals surface area contributed by atoms with E-state index in [2.05, 4.69) is 41.4 Å². The molecule has 6 rings (SSSR count). The van der Waals surface area contributed by atoms with Crippen molar-refractivity contribution >= 4 is 45.8 Å². The van der Waals surface area contributed by atoms with Gasteiger partial charge in [-0.1, -0.05) is 83.4 Å². The van der Waals surface area contributed by atoms with Gasteiger partial charge in [-0.2, -0.15) is 13.2 Å². The van der Waals surface area contributed by atoms with Gasteiger partial charge in [0.1, 0.15) is 5.58 Å². The number of carbonyl (C=O) groups is 1. The third-order valence-electron chi connectivity index (χ3n) is 8.62. The van der Waals surface area contributed by atoms with E-state index in [0.717, 1.165) is 43.6 Å². The molecule has 0 saturated carbocycles. The molecule has 0 unspecified atom stereocenters. The number of benzene rings is 4. The van der Waals surface area contributed by atoms with Gasteiger partial charge in [-0.15, -0.1) is 0 Å². The first-order valence-corrected chi connectivity index (χ1v) is 16.0. The molecule has 0 spiro atoms. The van der Waals surface area contributed by atoms with Crippen LogP contribution >= 0.6 is 23.2 Å². The zero-order valence-corrected chi connectivity index (χ0v) is 27.0. The van der Waals surface area contributed by atoms with E-state index in [1.165, 1.54) is 17.2 Å². The summed E-state index contributed by atoms with van der Waals surface area (Å²) in [4.78, 5) is 28.9. The molecule has 47 heavy (non-hydrogen) atoms. The maximum Gasteiger partial charge on any atom is 0.418 e. The van der Waals surface area contributed by atoms with Gasteiger partial charge in [0, 0.05) is 33.6 Å². The molecule has 2 heterocycles. The monoisotopic (exact) mass is 678 g/mol. The van der Waals surface area contributed by atoms with E-state index in [-0.39, 0.29) is 16.2 Å². The van der Waals surface area contributed by atoms with Crippen LogP contribution in [0.3, 0.4) is 0 Å². The molecule has 1 amide bonds. The lowest BCUT2D eigenvalue weighted by Crippen LogP contribution is -2.32. The Kier molecular flexibility index (Phi) is 9.46. The van der Waals surface area contributed by atoms with Crippen molar-refractivity contribution in [2.24, 2.45) is 0 Å². The molecular weight excluding hydrogens is 648 g/mol. The Morgan fingerprint density at radius 2 is 1.70 bits per heavy atom. The predicted molar refractivity (Wildman–Crippen MR) is 180 cm³/mol. The van der Waals surface area contributed by atoms with Crippen LogP contribution in [-0.4, -0.2) is 23.9 Å². The zero-order valence-electron chi connectivity index (χ0n) is 25.5. The third-order valence-corrected chi connectivity index (χ3v) is 9.21. The van der Waals surface area contributed by atoms with Crippen LogP contribution in [0.5, 0.6) is 0 Å². The first kappa shape index (κ1) is 32.8. The fourth-order valence-electron chi connectivity index (χ4n) is 6.33. The Morgan fingerprint density at radius 3 is 2.40 bits per heavy atom. The number of aryl methyl sites for hydroxylation is 1. The molecule has 1 N–H and O–H groups in total. The third kappa shape index (κ3) is 7.40. The van der Waals surface area contributed by atoms with Crippen LogP contribution in [-0.2, 0) is 23.9 Å². The number of carbonyl (C=O) groups excluding carboxylic acids is 1. The van der Waals surface area contributed by atoms with E-state index >= 15 is 0 Å². The van der Waals surface area contributed by atoms with E-state index in [1.54, 1.807) is 30.3 Å². The minimum absolute atomic E-state index is 0.0240. The Bertz CT molecular complexity index is 2000. The molecule has 0 atom stereocenters. The summed E-state index contributed by atoms with van der Waals surface area (Å²) in [6, 6.07) is 24.3. The molecule has 1 aromatic heterocycles. The molecule has 4 aromatic carbocycles. The number of hydrogen-bond donors (Lipinski definition) is 1. The van der Waals surface area contributed by atoms with E-state index in [9.17, 15) is 22.8 Å². The maximum atomic E-state index is 13.7. The van der Waals surface area contributed by atoms with E-state index < -0.39 is 35.4 Å². The van der Waals surface area contributed by atoms with Gasteiger partial charge in [0.25, 0.3) is 0 Å². The van der Waals surface area contributed by atoms with Gasteiger partial charge in [0.2, 0.25) is 5.91 Å². The van der Waals surface area contributed by atoms with Crippen LogP contribution in [0.25, 0.3) is 22.1 Å². The first-order valence-electron chi connectivity index (χ1n) is 15.3. The highest BCUT2D eigenvalue weighted by atomic mass is 35.5. The molecule has 0 bridgehead atoms. The Balaban J connectivity index is 1.32. The van der Waals surface area contributed by atoms with Crippen molar-refractivity contribution in [3.8, 4) is 11.1 Å². The van der Waals surface area contributed by atoms with Crippen LogP contribution in [0.2, 0.25) is 10.0 Å². The molecule has 242 valence electrons. The lowest BCUT2D eigenvalue weighted by Gasteiger charge is -2.32. The number of alkyl halides is 3. The Labute approximate surface area is 279 Å². The second kappa shape index (κ2) is 13.6. The predicted octanol–water partition coefficient (Wildman–Crippen LogP) is 9.65. The van der Waals surface area contributed by atoms with Crippen molar-refractivity contribution in [1.29, 1.82) is 0 Å². The fraction of sp³-hybridized carbons (Fsp3) is 0.243. The molecule has 5 nitrogen and oxygen atoms in total. The lowest BCUT2D eigenvalue weighted by atomic mass is 9.88. The summed E-state index contributed by atoms with van der Waals surface area (Å²) >= 11 is 12.5. The summed E-state index contributed by atoms with van der Waals surface area (Å²) in [6.45, 7) is 4.46. The molecule has 1 aliphatic rings. The van der Waals surface area contributed by atoms with E-state index in [4.69, 9.17) is 27.6 Å². The van der Waals surface area contributed by atoms with Gasteiger partial charge >= 0.3 is 11.8 Å². The number of halogens is 5. The van der Waals surface area contributed by atoms with Crippen LogP contribution in [0.4, 0.5) is 18.9 Å². The van der Waals surface area contributed by atoms with E-state index in [1.807, 2.05) is 12.1 Å². The number of anilines is 1. The quantitative estimate of drug-likeness (QED) is 0.174. The smallest absolute Gasteiger partial charge is 0.418 e. The number of nitrogens with zero attached hydrogens (tertiary/aromatic N) is 1. The molecule has 1 fully saturated rings. The van der Waals surface area contributed by atoms with Crippen molar-refractivity contribution in [2.75, 3.05) is 18.4 Å². The van der Waals surface area contributed by atoms with Gasteiger partial charge in [-0.05, 0) is 79.7 Å². The van der Waals surface area contributed by atoms with Gasteiger partial charge in [-0.25, -0.2) is 4.79 Å². The fourth-order valence-corrected chi connectivity index (χ4v) is 6.71. The summed E-state index contributed by atoms with van der Waals surface area (Å²) in [6.07, 6.45) is -3.24. The van der Waals surface area contributed by atoms with Gasteiger partial charge in [0.05, 0.1) is 23.2 Å². The standard InChI is InChI=1S/C37H31Cl2F3N2O3/c1-22-6-5-9-25(16-22)23-12-14-44(15-13-23)21-26-17-28-33(20-31(26)39)47-36(46)29(35(28)24-7-3-2-4-8-24)19-34(45)43-32-11-10-27(38)18-30(32)37(40,41)42/h2-11,16-18,20,23H,12-15,19,21H2,1H3,(H,43,45). The number of piperidine rings is 1. The minimum Gasteiger partial charge on any atom is -0.422 e. The maximum absolute atomic E-state index is 13.7. The number of amides is 1. The highest BCUT2D eigenvalue weighted by Crippen LogP contribution is 2.38. The SMILES string of the molecule is Cc1cccc(C2CCN(Cc3cc4c(-c5ccccc5)c(CC(=O)Nc5ccc(Cl)cc5C(F)(F)F)c(=O)oc4cc3Cl)CC2)c1. The molecular formula is C37H31Cl2F3N2O3. The van der Waals surface area contributed by atoms with Crippen molar-refractivity contribution < 1.29 is 22.4 Å². The highest BCUT2D eigenvalue weighted by molar-refractivity contribution is 6.32. The highest BCUT2D eigenvalue weighted by Gasteiger charge is 2.34.